The van der Waals surface area contributed by atoms with E-state index in [4.69, 9.17) is 21.4 Å². The summed E-state index contributed by atoms with van der Waals surface area (Å²) in [5.74, 6) is 0. The topological polar surface area (TPSA) is 62.7 Å². The number of hydrogen-bond donors (Lipinski definition) is 1. The Kier molecular flexibility index (Phi) is 2.98. The van der Waals surface area contributed by atoms with Gasteiger partial charge in [0.2, 0.25) is 0 Å². The molecular weight excluding hydrogens is 232 g/mol. The Balaban J connectivity index is 2.36. The fraction of sp³-hybridized carbons (Fsp3) is 0.400. The summed E-state index contributed by atoms with van der Waals surface area (Å²) < 4.78 is 5.02. The van der Waals surface area contributed by atoms with E-state index >= 15 is 0 Å². The smallest absolute Gasteiger partial charge is 0.408 e. The van der Waals surface area contributed by atoms with Gasteiger partial charge in [0, 0.05) is 13.3 Å². The monoisotopic (exact) mass is 242 g/mol. The third-order valence-corrected chi connectivity index (χ3v) is 2.78. The van der Waals surface area contributed by atoms with Crippen molar-refractivity contribution < 1.29 is 14.6 Å². The van der Waals surface area contributed by atoms with Gasteiger partial charge < -0.3 is 9.84 Å². The summed E-state index contributed by atoms with van der Waals surface area (Å²) >= 11 is 5.82. The van der Waals surface area contributed by atoms with Crippen LogP contribution in [-0.2, 0) is 11.3 Å². The van der Waals surface area contributed by atoms with Gasteiger partial charge in [0.1, 0.15) is 6.04 Å². The molecule has 1 aromatic rings. The van der Waals surface area contributed by atoms with E-state index in [1.54, 1.807) is 6.07 Å². The molecule has 0 bridgehead atoms. The Bertz CT molecular complexity index is 425. The van der Waals surface area contributed by atoms with Crippen molar-refractivity contribution in [3.63, 3.8) is 0 Å². The van der Waals surface area contributed by atoms with Crippen LogP contribution in [0.2, 0.25) is 5.02 Å². The molecule has 1 aromatic heterocycles. The second kappa shape index (κ2) is 4.27. The Hall–Kier alpha value is -1.33. The van der Waals surface area contributed by atoms with Crippen LogP contribution < -0.4 is 0 Å². The van der Waals surface area contributed by atoms with E-state index in [1.807, 2.05) is 0 Å². The maximum atomic E-state index is 11.0. The molecule has 0 saturated heterocycles. The Labute approximate surface area is 97.6 Å². The minimum atomic E-state index is -0.976. The van der Waals surface area contributed by atoms with Crippen LogP contribution in [0.1, 0.15) is 17.3 Å². The molecule has 86 valence electrons. The van der Waals surface area contributed by atoms with Gasteiger partial charge in [-0.2, -0.15) is 0 Å². The van der Waals surface area contributed by atoms with Crippen molar-refractivity contribution in [3.8, 4) is 0 Å². The lowest BCUT2D eigenvalue weighted by Crippen LogP contribution is -2.30. The van der Waals surface area contributed by atoms with E-state index in [2.05, 4.69) is 4.98 Å². The molecule has 1 amide bonds. The molecule has 1 N–H and O–H groups in total. The maximum absolute atomic E-state index is 11.0. The lowest BCUT2D eigenvalue weighted by Gasteiger charge is -2.20. The molecule has 0 fully saturated rings. The number of methoxy groups -OCH3 is 1. The van der Waals surface area contributed by atoms with Crippen LogP contribution in [-0.4, -0.2) is 34.8 Å². The number of halogens is 1. The highest BCUT2D eigenvalue weighted by Gasteiger charge is 2.34. The molecule has 2 heterocycles. The highest BCUT2D eigenvalue weighted by atomic mass is 35.5. The van der Waals surface area contributed by atoms with Crippen molar-refractivity contribution in [1.29, 1.82) is 0 Å². The van der Waals surface area contributed by atoms with Crippen molar-refractivity contribution in [2.24, 2.45) is 0 Å². The fourth-order valence-corrected chi connectivity index (χ4v) is 2.07. The predicted octanol–water partition coefficient (Wildman–Crippen LogP) is 1.92. The number of fused-ring (bicyclic) bond motifs is 1. The molecule has 0 aliphatic carbocycles. The molecule has 1 aliphatic heterocycles. The highest BCUT2D eigenvalue weighted by Crippen LogP contribution is 2.33. The number of amides is 1. The van der Waals surface area contributed by atoms with Gasteiger partial charge >= 0.3 is 6.09 Å². The first kappa shape index (κ1) is 11.2. The van der Waals surface area contributed by atoms with E-state index in [-0.39, 0.29) is 6.04 Å². The number of aromatic nitrogens is 1. The number of carboxylic acid groups (broad SMARTS) is 1. The average Bonchev–Trinajstić information content (AvgIpc) is 2.57. The van der Waals surface area contributed by atoms with Crippen molar-refractivity contribution in [1.82, 2.24) is 9.88 Å². The first-order chi connectivity index (χ1) is 7.63. The molecule has 16 heavy (non-hydrogen) atoms. The Morgan fingerprint density at radius 2 is 2.56 bits per heavy atom. The summed E-state index contributed by atoms with van der Waals surface area (Å²) in [7, 11) is 1.54. The zero-order valence-electron chi connectivity index (χ0n) is 8.68. The number of rotatable bonds is 2. The van der Waals surface area contributed by atoms with E-state index in [9.17, 15) is 4.79 Å². The average molecular weight is 243 g/mol. The van der Waals surface area contributed by atoms with Crippen LogP contribution in [0.4, 0.5) is 4.79 Å². The van der Waals surface area contributed by atoms with Crippen molar-refractivity contribution in [2.75, 3.05) is 13.7 Å². The predicted molar refractivity (Wildman–Crippen MR) is 57.4 cm³/mol. The second-order valence-corrected chi connectivity index (χ2v) is 4.02. The van der Waals surface area contributed by atoms with Crippen LogP contribution in [0.3, 0.4) is 0 Å². The number of ether oxygens (including phenoxy) is 1. The molecule has 1 aliphatic rings. The zero-order chi connectivity index (χ0) is 11.7. The molecular formula is C10H11ClN2O3. The third-order valence-electron chi connectivity index (χ3n) is 2.57. The molecule has 6 heteroatoms. The van der Waals surface area contributed by atoms with Crippen LogP contribution >= 0.6 is 11.6 Å². The van der Waals surface area contributed by atoms with Gasteiger partial charge in [-0.05, 0) is 11.6 Å². The van der Waals surface area contributed by atoms with E-state index in [0.29, 0.717) is 18.2 Å². The van der Waals surface area contributed by atoms with Gasteiger partial charge in [-0.3, -0.25) is 9.88 Å². The molecule has 1 atom stereocenters. The molecule has 0 aromatic carbocycles. The molecule has 0 saturated carbocycles. The van der Waals surface area contributed by atoms with Crippen molar-refractivity contribution in [3.05, 3.63) is 28.5 Å². The van der Waals surface area contributed by atoms with Gasteiger partial charge in [0.25, 0.3) is 0 Å². The van der Waals surface area contributed by atoms with Gasteiger partial charge in [-0.15, -0.1) is 0 Å². The maximum Gasteiger partial charge on any atom is 0.408 e. The summed E-state index contributed by atoms with van der Waals surface area (Å²) in [6.45, 7) is 0.611. The van der Waals surface area contributed by atoms with E-state index < -0.39 is 6.09 Å². The Morgan fingerprint density at radius 3 is 3.19 bits per heavy atom. The molecule has 0 spiro atoms. The number of pyridine rings is 1. The van der Waals surface area contributed by atoms with Gasteiger partial charge in [0.05, 0.1) is 23.9 Å². The zero-order valence-corrected chi connectivity index (χ0v) is 9.44. The number of hydrogen-bond acceptors (Lipinski definition) is 3. The summed E-state index contributed by atoms with van der Waals surface area (Å²) in [6, 6.07) is 1.41. The van der Waals surface area contributed by atoms with Crippen LogP contribution in [0.5, 0.6) is 0 Å². The third kappa shape index (κ3) is 1.83. The molecule has 0 radical (unpaired) electrons. The largest absolute Gasteiger partial charge is 0.465 e. The highest BCUT2D eigenvalue weighted by molar-refractivity contribution is 6.30. The van der Waals surface area contributed by atoms with Crippen LogP contribution in [0.25, 0.3) is 0 Å². The normalized spacial score (nSPS) is 18.6. The van der Waals surface area contributed by atoms with E-state index in [0.717, 1.165) is 11.3 Å². The molecule has 1 unspecified atom stereocenters. The summed E-state index contributed by atoms with van der Waals surface area (Å²) in [4.78, 5) is 16.5. The van der Waals surface area contributed by atoms with Gasteiger partial charge in [0.15, 0.2) is 0 Å². The summed E-state index contributed by atoms with van der Waals surface area (Å²) in [5.41, 5.74) is 1.57. The lowest BCUT2D eigenvalue weighted by molar-refractivity contribution is 0.0847. The second-order valence-electron chi connectivity index (χ2n) is 3.58. The van der Waals surface area contributed by atoms with Gasteiger partial charge in [-0.25, -0.2) is 4.79 Å². The summed E-state index contributed by atoms with van der Waals surface area (Å²) in [5, 5.41) is 9.58. The standard InChI is InChI=1S/C10H11ClN2O3/c1-16-5-8-9-6(2-7(11)3-12-9)4-13(8)10(14)15/h2-3,8H,4-5H2,1H3,(H,14,15). The SMILES string of the molecule is COCC1c2ncc(Cl)cc2CN1C(=O)O. The van der Waals surface area contributed by atoms with E-state index in [1.165, 1.54) is 18.2 Å². The number of carbonyl (C=O) groups is 1. The fourth-order valence-electron chi connectivity index (χ4n) is 1.89. The van der Waals surface area contributed by atoms with Crippen LogP contribution in [0.15, 0.2) is 12.3 Å². The number of nitrogens with zero attached hydrogens (tertiary/aromatic N) is 2. The Morgan fingerprint density at radius 1 is 1.81 bits per heavy atom. The summed E-state index contributed by atoms with van der Waals surface area (Å²) in [6.07, 6.45) is 0.546. The first-order valence-electron chi connectivity index (χ1n) is 4.76. The quantitative estimate of drug-likeness (QED) is 0.861. The van der Waals surface area contributed by atoms with Gasteiger partial charge in [-0.1, -0.05) is 11.6 Å². The minimum Gasteiger partial charge on any atom is -0.465 e. The molecule has 5 nitrogen and oxygen atoms in total. The minimum absolute atomic E-state index is 0.300. The first-order valence-corrected chi connectivity index (χ1v) is 5.14. The van der Waals surface area contributed by atoms with Crippen molar-refractivity contribution in [2.45, 2.75) is 12.6 Å². The molecule has 2 rings (SSSR count). The lowest BCUT2D eigenvalue weighted by atomic mass is 10.1. The van der Waals surface area contributed by atoms with Crippen molar-refractivity contribution >= 4 is 17.7 Å². The van der Waals surface area contributed by atoms with Crippen LogP contribution in [0, 0.1) is 0 Å².